The molecule has 6 nitrogen and oxygen atoms in total. The molecule has 4 rings (SSSR count). The van der Waals surface area contributed by atoms with Crippen LogP contribution in [0.15, 0.2) is 82.2 Å². The van der Waals surface area contributed by atoms with Crippen molar-refractivity contribution in [2.24, 2.45) is 0 Å². The summed E-state index contributed by atoms with van der Waals surface area (Å²) < 4.78 is 28.5. The van der Waals surface area contributed by atoms with Crippen LogP contribution in [-0.2, 0) is 10.0 Å². The first-order valence-corrected chi connectivity index (χ1v) is 11.6. The van der Waals surface area contributed by atoms with Gasteiger partial charge in [0, 0.05) is 4.47 Å². The third kappa shape index (κ3) is 4.45. The van der Waals surface area contributed by atoms with Crippen LogP contribution in [0.2, 0.25) is 0 Å². The Hall–Kier alpha value is -3.23. The Labute approximate surface area is 188 Å². The maximum Gasteiger partial charge on any atom is 0.285 e. The summed E-state index contributed by atoms with van der Waals surface area (Å²) in [5.74, 6) is 0.157. The number of benzene rings is 3. The standard InChI is InChI=1S/C23H18BrN3O3S/c1-16-6-13-19(14-7-16)31(29,30)27-23(20-4-2-3-5-21(20)28)25-22(26-27)15-10-17-8-11-18(24)12-9-17/h2-15,28H,1H3. The van der Waals surface area contributed by atoms with Crippen LogP contribution in [0.25, 0.3) is 23.5 Å². The molecule has 0 amide bonds. The first-order valence-electron chi connectivity index (χ1n) is 9.36. The number of phenols is 1. The molecule has 0 unspecified atom stereocenters. The normalized spacial score (nSPS) is 11.8. The monoisotopic (exact) mass is 495 g/mol. The molecule has 4 aromatic rings. The summed E-state index contributed by atoms with van der Waals surface area (Å²) in [5.41, 5.74) is 2.12. The van der Waals surface area contributed by atoms with Gasteiger partial charge in [0.2, 0.25) is 0 Å². The van der Waals surface area contributed by atoms with Crippen molar-refractivity contribution in [1.82, 2.24) is 14.2 Å². The lowest BCUT2D eigenvalue weighted by Crippen LogP contribution is -2.16. The zero-order valence-electron chi connectivity index (χ0n) is 16.5. The van der Waals surface area contributed by atoms with Gasteiger partial charge in [0.15, 0.2) is 11.6 Å². The van der Waals surface area contributed by atoms with Crippen molar-refractivity contribution in [3.63, 3.8) is 0 Å². The highest BCUT2D eigenvalue weighted by Crippen LogP contribution is 2.30. The minimum atomic E-state index is -4.03. The molecule has 0 fully saturated rings. The Morgan fingerprint density at radius 3 is 2.29 bits per heavy atom. The van der Waals surface area contributed by atoms with Crippen LogP contribution >= 0.6 is 15.9 Å². The molecule has 0 radical (unpaired) electrons. The van der Waals surface area contributed by atoms with Crippen molar-refractivity contribution in [1.29, 1.82) is 0 Å². The van der Waals surface area contributed by atoms with Crippen LogP contribution in [-0.4, -0.2) is 27.7 Å². The number of hydrogen-bond donors (Lipinski definition) is 1. The predicted octanol–water partition coefficient (Wildman–Crippen LogP) is 5.13. The Morgan fingerprint density at radius 2 is 1.61 bits per heavy atom. The van der Waals surface area contributed by atoms with Gasteiger partial charge in [-0.3, -0.25) is 0 Å². The van der Waals surface area contributed by atoms with Crippen LogP contribution in [0, 0.1) is 6.92 Å². The Kier molecular flexibility index (Phi) is 5.75. The van der Waals surface area contributed by atoms with Gasteiger partial charge in [-0.05, 0) is 55.0 Å². The highest BCUT2D eigenvalue weighted by atomic mass is 79.9. The third-order valence-corrected chi connectivity index (χ3v) is 6.69. The van der Waals surface area contributed by atoms with E-state index in [2.05, 4.69) is 26.0 Å². The average molecular weight is 496 g/mol. The molecule has 3 aromatic carbocycles. The van der Waals surface area contributed by atoms with Crippen molar-refractivity contribution < 1.29 is 13.5 Å². The number of para-hydroxylation sites is 1. The lowest BCUT2D eigenvalue weighted by molar-refractivity contribution is 0.476. The van der Waals surface area contributed by atoms with Gasteiger partial charge in [-0.25, -0.2) is 4.98 Å². The molecule has 0 atom stereocenters. The Balaban J connectivity index is 1.84. The fourth-order valence-corrected chi connectivity index (χ4v) is 4.43. The van der Waals surface area contributed by atoms with E-state index in [1.807, 2.05) is 31.2 Å². The van der Waals surface area contributed by atoms with E-state index < -0.39 is 10.0 Å². The van der Waals surface area contributed by atoms with E-state index in [1.54, 1.807) is 42.5 Å². The minimum Gasteiger partial charge on any atom is -0.507 e. The van der Waals surface area contributed by atoms with Crippen LogP contribution < -0.4 is 0 Å². The zero-order valence-corrected chi connectivity index (χ0v) is 18.9. The summed E-state index contributed by atoms with van der Waals surface area (Å²) in [4.78, 5) is 4.49. The maximum atomic E-state index is 13.3. The second-order valence-electron chi connectivity index (χ2n) is 6.86. The van der Waals surface area contributed by atoms with Gasteiger partial charge < -0.3 is 5.11 Å². The molecule has 31 heavy (non-hydrogen) atoms. The van der Waals surface area contributed by atoms with Crippen molar-refractivity contribution >= 4 is 38.1 Å². The topological polar surface area (TPSA) is 85.1 Å². The summed E-state index contributed by atoms with van der Waals surface area (Å²) in [6.07, 6.45) is 3.42. The van der Waals surface area contributed by atoms with E-state index in [1.165, 1.54) is 18.2 Å². The fourth-order valence-electron chi connectivity index (χ4n) is 2.93. The van der Waals surface area contributed by atoms with E-state index in [0.29, 0.717) is 0 Å². The van der Waals surface area contributed by atoms with E-state index in [-0.39, 0.29) is 27.9 Å². The summed E-state index contributed by atoms with van der Waals surface area (Å²) in [6, 6.07) is 20.5. The first-order chi connectivity index (χ1) is 14.8. The van der Waals surface area contributed by atoms with Crippen LogP contribution in [0.3, 0.4) is 0 Å². The molecular weight excluding hydrogens is 478 g/mol. The van der Waals surface area contributed by atoms with Gasteiger partial charge in [0.05, 0.1) is 10.5 Å². The number of nitrogens with zero attached hydrogens (tertiary/aromatic N) is 3. The fraction of sp³-hybridized carbons (Fsp3) is 0.0435. The van der Waals surface area contributed by atoms with Crippen molar-refractivity contribution in [3.8, 4) is 17.1 Å². The van der Waals surface area contributed by atoms with E-state index in [0.717, 1.165) is 19.7 Å². The lowest BCUT2D eigenvalue weighted by Gasteiger charge is -2.08. The molecule has 0 spiro atoms. The Bertz CT molecular complexity index is 1360. The minimum absolute atomic E-state index is 0.0362. The summed E-state index contributed by atoms with van der Waals surface area (Å²) >= 11 is 3.39. The second-order valence-corrected chi connectivity index (χ2v) is 9.54. The lowest BCUT2D eigenvalue weighted by atomic mass is 10.2. The summed E-state index contributed by atoms with van der Waals surface area (Å²) in [6.45, 7) is 1.88. The SMILES string of the molecule is Cc1ccc(S(=O)(=O)n2nc(C=Cc3ccc(Br)cc3)nc2-c2ccccc2O)cc1. The molecule has 1 aromatic heterocycles. The molecule has 1 N–H and O–H groups in total. The third-order valence-electron chi connectivity index (χ3n) is 4.58. The second kappa shape index (κ2) is 8.49. The van der Waals surface area contributed by atoms with E-state index in [4.69, 9.17) is 0 Å². The molecule has 0 aliphatic carbocycles. The van der Waals surface area contributed by atoms with Gasteiger partial charge >= 0.3 is 0 Å². The quantitative estimate of drug-likeness (QED) is 0.414. The highest BCUT2D eigenvalue weighted by molar-refractivity contribution is 9.10. The van der Waals surface area contributed by atoms with Crippen molar-refractivity contribution in [2.45, 2.75) is 11.8 Å². The van der Waals surface area contributed by atoms with Gasteiger partial charge in [-0.1, -0.05) is 64.0 Å². The van der Waals surface area contributed by atoms with Crippen molar-refractivity contribution in [3.05, 3.63) is 94.2 Å². The van der Waals surface area contributed by atoms with E-state index >= 15 is 0 Å². The number of aromatic hydroxyl groups is 1. The number of halogens is 1. The molecule has 156 valence electrons. The first kappa shape index (κ1) is 21.0. The molecule has 8 heteroatoms. The number of phenolic OH excluding ortho intramolecular Hbond substituents is 1. The summed E-state index contributed by atoms with van der Waals surface area (Å²) in [7, 11) is -4.03. The molecule has 0 bridgehead atoms. The smallest absolute Gasteiger partial charge is 0.285 e. The molecule has 0 saturated heterocycles. The van der Waals surface area contributed by atoms with Crippen LogP contribution in [0.1, 0.15) is 17.0 Å². The number of aromatic nitrogens is 3. The van der Waals surface area contributed by atoms with Crippen LogP contribution in [0.5, 0.6) is 5.75 Å². The largest absolute Gasteiger partial charge is 0.507 e. The maximum absolute atomic E-state index is 13.3. The number of hydrogen-bond acceptors (Lipinski definition) is 5. The number of rotatable bonds is 5. The van der Waals surface area contributed by atoms with Gasteiger partial charge in [0.1, 0.15) is 5.75 Å². The molecule has 0 aliphatic heterocycles. The molecule has 0 saturated carbocycles. The number of aryl methyl sites for hydroxylation is 1. The van der Waals surface area contributed by atoms with E-state index in [9.17, 15) is 13.5 Å². The Morgan fingerprint density at radius 1 is 0.935 bits per heavy atom. The predicted molar refractivity (Wildman–Crippen MR) is 124 cm³/mol. The molecule has 1 heterocycles. The molecule has 0 aliphatic rings. The van der Waals surface area contributed by atoms with Gasteiger partial charge in [-0.15, -0.1) is 9.19 Å². The highest BCUT2D eigenvalue weighted by Gasteiger charge is 2.25. The average Bonchev–Trinajstić information content (AvgIpc) is 3.19. The molecular formula is C23H18BrN3O3S. The van der Waals surface area contributed by atoms with Crippen LogP contribution in [0.4, 0.5) is 0 Å². The van der Waals surface area contributed by atoms with Gasteiger partial charge in [-0.2, -0.15) is 8.42 Å². The van der Waals surface area contributed by atoms with Gasteiger partial charge in [0.25, 0.3) is 10.0 Å². The van der Waals surface area contributed by atoms with Crippen molar-refractivity contribution in [2.75, 3.05) is 0 Å². The summed E-state index contributed by atoms with van der Waals surface area (Å²) in [5, 5.41) is 14.5. The zero-order chi connectivity index (χ0) is 22.0.